The predicted octanol–water partition coefficient (Wildman–Crippen LogP) is 4.61. The normalized spacial score (nSPS) is 10.9. The van der Waals surface area contributed by atoms with Crippen LogP contribution < -0.4 is 5.43 Å². The van der Waals surface area contributed by atoms with Gasteiger partial charge < -0.3 is 0 Å². The molecule has 0 spiro atoms. The van der Waals surface area contributed by atoms with Gasteiger partial charge in [-0.05, 0) is 48.9 Å². The Morgan fingerprint density at radius 1 is 1.08 bits per heavy atom. The molecule has 3 rings (SSSR count). The van der Waals surface area contributed by atoms with Gasteiger partial charge >= 0.3 is 0 Å². The van der Waals surface area contributed by atoms with Crippen LogP contribution in [0.3, 0.4) is 0 Å². The summed E-state index contributed by atoms with van der Waals surface area (Å²) in [5, 5.41) is 4.54. The van der Waals surface area contributed by atoms with Crippen molar-refractivity contribution < 1.29 is 9.18 Å². The Labute approximate surface area is 155 Å². The minimum atomic E-state index is -0.365. The van der Waals surface area contributed by atoms with Gasteiger partial charge in [-0.3, -0.25) is 9.78 Å². The summed E-state index contributed by atoms with van der Waals surface area (Å²) in [4.78, 5) is 16.7. The van der Waals surface area contributed by atoms with E-state index in [4.69, 9.17) is 11.6 Å². The van der Waals surface area contributed by atoms with Gasteiger partial charge in [-0.25, -0.2) is 9.82 Å². The van der Waals surface area contributed by atoms with E-state index in [-0.39, 0.29) is 11.7 Å². The molecular formula is C20H15ClFN3O. The molecule has 0 bridgehead atoms. The maximum absolute atomic E-state index is 12.9. The zero-order chi connectivity index (χ0) is 18.5. The highest BCUT2D eigenvalue weighted by Gasteiger charge is 2.10. The lowest BCUT2D eigenvalue weighted by Crippen LogP contribution is -2.19. The van der Waals surface area contributed by atoms with E-state index in [0.29, 0.717) is 21.8 Å². The van der Waals surface area contributed by atoms with E-state index in [0.717, 1.165) is 11.3 Å². The van der Waals surface area contributed by atoms with Gasteiger partial charge in [0.05, 0.1) is 23.2 Å². The second-order valence-electron chi connectivity index (χ2n) is 5.59. The third kappa shape index (κ3) is 4.32. The second-order valence-corrected chi connectivity index (χ2v) is 6.02. The van der Waals surface area contributed by atoms with Gasteiger partial charge in [0.25, 0.3) is 5.91 Å². The zero-order valence-corrected chi connectivity index (χ0v) is 14.7. The number of carbonyl (C=O) groups excluding carboxylic acids is 1. The van der Waals surface area contributed by atoms with Crippen molar-refractivity contribution in [3.63, 3.8) is 0 Å². The monoisotopic (exact) mass is 367 g/mol. The molecule has 130 valence electrons. The Hall–Kier alpha value is -3.05. The second kappa shape index (κ2) is 7.89. The molecule has 0 atom stereocenters. The Morgan fingerprint density at radius 2 is 1.77 bits per heavy atom. The first-order valence-corrected chi connectivity index (χ1v) is 8.23. The third-order valence-electron chi connectivity index (χ3n) is 3.72. The lowest BCUT2D eigenvalue weighted by Gasteiger charge is -2.07. The van der Waals surface area contributed by atoms with Gasteiger partial charge in [-0.15, -0.1) is 0 Å². The number of amides is 1. The number of nitrogens with zero attached hydrogens (tertiary/aromatic N) is 2. The fourth-order valence-electron chi connectivity index (χ4n) is 2.36. The lowest BCUT2D eigenvalue weighted by atomic mass is 10.1. The van der Waals surface area contributed by atoms with E-state index >= 15 is 0 Å². The van der Waals surface area contributed by atoms with Crippen LogP contribution in [-0.2, 0) is 0 Å². The summed E-state index contributed by atoms with van der Waals surface area (Å²) in [6.45, 7) is 1.76. The summed E-state index contributed by atoms with van der Waals surface area (Å²) in [7, 11) is 0. The first-order valence-electron chi connectivity index (χ1n) is 7.85. The molecule has 0 fully saturated rings. The van der Waals surface area contributed by atoms with Gasteiger partial charge in [-0.2, -0.15) is 5.10 Å². The third-order valence-corrected chi connectivity index (χ3v) is 3.97. The molecule has 0 aliphatic heterocycles. The van der Waals surface area contributed by atoms with Crippen LogP contribution >= 0.6 is 11.6 Å². The van der Waals surface area contributed by atoms with Gasteiger partial charge in [0.2, 0.25) is 0 Å². The summed E-state index contributed by atoms with van der Waals surface area (Å²) in [5.74, 6) is -0.690. The van der Waals surface area contributed by atoms with Crippen LogP contribution in [-0.4, -0.2) is 17.1 Å². The molecule has 6 heteroatoms. The van der Waals surface area contributed by atoms with Crippen LogP contribution in [0.25, 0.3) is 11.3 Å². The van der Waals surface area contributed by atoms with E-state index in [1.165, 1.54) is 18.3 Å². The summed E-state index contributed by atoms with van der Waals surface area (Å²) < 4.78 is 12.9. The molecule has 3 aromatic rings. The van der Waals surface area contributed by atoms with Crippen molar-refractivity contribution in [3.8, 4) is 11.3 Å². The minimum absolute atomic E-state index is 0.325. The van der Waals surface area contributed by atoms with Crippen LogP contribution in [0.5, 0.6) is 0 Å². The van der Waals surface area contributed by atoms with Crippen molar-refractivity contribution in [1.29, 1.82) is 0 Å². The first-order chi connectivity index (χ1) is 12.5. The van der Waals surface area contributed by atoms with Gasteiger partial charge in [0, 0.05) is 10.6 Å². The highest BCUT2D eigenvalue weighted by Crippen LogP contribution is 2.21. The molecule has 0 saturated carbocycles. The van der Waals surface area contributed by atoms with Crippen LogP contribution in [0.1, 0.15) is 21.6 Å². The number of aromatic nitrogens is 1. The number of hydrazone groups is 1. The van der Waals surface area contributed by atoms with Gasteiger partial charge in [0.15, 0.2) is 0 Å². The van der Waals surface area contributed by atoms with Crippen molar-refractivity contribution in [1.82, 2.24) is 10.4 Å². The number of hydrogen-bond donors (Lipinski definition) is 1. The predicted molar refractivity (Wildman–Crippen MR) is 101 cm³/mol. The summed E-state index contributed by atoms with van der Waals surface area (Å²) in [5.41, 5.74) is 5.82. The molecule has 0 saturated heterocycles. The molecule has 4 nitrogen and oxygen atoms in total. The highest BCUT2D eigenvalue weighted by molar-refractivity contribution is 6.30. The molecule has 0 radical (unpaired) electrons. The number of pyridine rings is 1. The minimum Gasteiger partial charge on any atom is -0.267 e. The smallest absolute Gasteiger partial charge is 0.267 e. The van der Waals surface area contributed by atoms with E-state index in [1.807, 2.05) is 12.1 Å². The number of aryl methyl sites for hydroxylation is 1. The number of halogens is 2. The van der Waals surface area contributed by atoms with E-state index in [9.17, 15) is 9.18 Å². The van der Waals surface area contributed by atoms with Crippen LogP contribution in [0.4, 0.5) is 4.39 Å². The number of rotatable bonds is 4. The van der Waals surface area contributed by atoms with Gasteiger partial charge in [-0.1, -0.05) is 35.9 Å². The Balaban J connectivity index is 1.71. The Bertz CT molecular complexity index is 954. The standard InChI is InChI=1S/C20H15ClFN3O/c1-13-18(10-11-19(24-13)15-4-6-16(21)7-5-15)20(26)25-23-12-14-2-8-17(22)9-3-14/h2-12H,1H3,(H,25,26)/b23-12+. The van der Waals surface area contributed by atoms with E-state index < -0.39 is 0 Å². The SMILES string of the molecule is Cc1nc(-c2ccc(Cl)cc2)ccc1C(=O)N/N=C/c1ccc(F)cc1. The quantitative estimate of drug-likeness (QED) is 0.540. The largest absolute Gasteiger partial charge is 0.273 e. The molecule has 0 aliphatic rings. The summed E-state index contributed by atoms with van der Waals surface area (Å²) in [6, 6.07) is 16.6. The van der Waals surface area contributed by atoms with Crippen LogP contribution in [0.2, 0.25) is 5.02 Å². The molecule has 26 heavy (non-hydrogen) atoms. The average Bonchev–Trinajstić information content (AvgIpc) is 2.64. The van der Waals surface area contributed by atoms with Crippen molar-refractivity contribution in [2.24, 2.45) is 5.10 Å². The maximum atomic E-state index is 12.9. The summed E-state index contributed by atoms with van der Waals surface area (Å²) >= 11 is 5.89. The maximum Gasteiger partial charge on any atom is 0.273 e. The molecule has 1 aromatic heterocycles. The number of carbonyl (C=O) groups is 1. The molecule has 1 heterocycles. The van der Waals surface area contributed by atoms with Crippen molar-refractivity contribution in [3.05, 3.63) is 88.3 Å². The molecule has 0 aliphatic carbocycles. The number of nitrogens with one attached hydrogen (secondary N) is 1. The van der Waals surface area contributed by atoms with Crippen LogP contribution in [0.15, 0.2) is 65.8 Å². The molecule has 0 unspecified atom stereocenters. The topological polar surface area (TPSA) is 54.4 Å². The molecular weight excluding hydrogens is 353 g/mol. The lowest BCUT2D eigenvalue weighted by molar-refractivity contribution is 0.0954. The molecule has 1 N–H and O–H groups in total. The van der Waals surface area contributed by atoms with Crippen molar-refractivity contribution in [2.45, 2.75) is 6.92 Å². The molecule has 2 aromatic carbocycles. The van der Waals surface area contributed by atoms with E-state index in [2.05, 4.69) is 15.5 Å². The number of hydrogen-bond acceptors (Lipinski definition) is 3. The first kappa shape index (κ1) is 17.8. The zero-order valence-electron chi connectivity index (χ0n) is 13.9. The summed E-state index contributed by atoms with van der Waals surface area (Å²) in [6.07, 6.45) is 1.45. The van der Waals surface area contributed by atoms with E-state index in [1.54, 1.807) is 43.3 Å². The average molecular weight is 368 g/mol. The fraction of sp³-hybridized carbons (Fsp3) is 0.0500. The van der Waals surface area contributed by atoms with Crippen LogP contribution in [0, 0.1) is 12.7 Å². The fourth-order valence-corrected chi connectivity index (χ4v) is 2.48. The number of benzene rings is 2. The Morgan fingerprint density at radius 3 is 2.42 bits per heavy atom. The van der Waals surface area contributed by atoms with Crippen molar-refractivity contribution in [2.75, 3.05) is 0 Å². The van der Waals surface area contributed by atoms with Gasteiger partial charge in [0.1, 0.15) is 5.82 Å². The highest BCUT2D eigenvalue weighted by atomic mass is 35.5. The Kier molecular flexibility index (Phi) is 5.39. The molecule has 1 amide bonds. The van der Waals surface area contributed by atoms with Crippen molar-refractivity contribution >= 4 is 23.7 Å².